The van der Waals surface area contributed by atoms with Crippen molar-refractivity contribution in [2.24, 2.45) is 0 Å². The maximum Gasteiger partial charge on any atom is 0.406 e. The molecule has 0 saturated heterocycles. The Labute approximate surface area is 105 Å². The van der Waals surface area contributed by atoms with Crippen molar-refractivity contribution in [2.75, 3.05) is 31.7 Å². The van der Waals surface area contributed by atoms with Crippen LogP contribution in [0.15, 0.2) is 0 Å². The molecule has 0 bridgehead atoms. The van der Waals surface area contributed by atoms with E-state index in [1.807, 2.05) is 0 Å². The van der Waals surface area contributed by atoms with E-state index in [0.29, 0.717) is 0 Å². The summed E-state index contributed by atoms with van der Waals surface area (Å²) in [4.78, 5) is 11.5. The molecular formula is C8H10ClF3N4O2. The Kier molecular flexibility index (Phi) is 4.91. The molecule has 18 heavy (non-hydrogen) atoms. The average Bonchev–Trinajstić information content (AvgIpc) is 2.26. The molecule has 0 aliphatic carbocycles. The van der Waals surface area contributed by atoms with E-state index in [-0.39, 0.29) is 23.8 Å². The van der Waals surface area contributed by atoms with Gasteiger partial charge in [0.25, 0.3) is 0 Å². The van der Waals surface area contributed by atoms with Gasteiger partial charge >= 0.3 is 12.2 Å². The zero-order valence-electron chi connectivity index (χ0n) is 9.28. The molecule has 0 fully saturated rings. The Morgan fingerprint density at radius 3 is 2.50 bits per heavy atom. The molecule has 1 heterocycles. The lowest BCUT2D eigenvalue weighted by molar-refractivity contribution is -0.120. The Morgan fingerprint density at radius 2 is 2.00 bits per heavy atom. The molecule has 0 amide bonds. The molecule has 1 rings (SSSR count). The van der Waals surface area contributed by atoms with E-state index in [1.54, 1.807) is 0 Å². The van der Waals surface area contributed by atoms with Crippen molar-refractivity contribution >= 4 is 17.5 Å². The number of hydrogen-bond acceptors (Lipinski definition) is 6. The van der Waals surface area contributed by atoms with E-state index in [9.17, 15) is 13.2 Å². The number of aliphatic hydroxyl groups is 1. The molecule has 0 atom stereocenters. The van der Waals surface area contributed by atoms with Crippen molar-refractivity contribution < 1.29 is 23.0 Å². The first-order valence-electron chi connectivity index (χ1n) is 4.74. The average molecular weight is 287 g/mol. The highest BCUT2D eigenvalue weighted by atomic mass is 35.5. The number of rotatable bonds is 5. The van der Waals surface area contributed by atoms with Gasteiger partial charge in [-0.15, -0.1) is 0 Å². The molecule has 102 valence electrons. The first-order chi connectivity index (χ1) is 8.35. The van der Waals surface area contributed by atoms with Crippen molar-refractivity contribution in [1.82, 2.24) is 15.0 Å². The van der Waals surface area contributed by atoms with Crippen molar-refractivity contribution in [3.8, 4) is 6.01 Å². The number of nitrogens with zero attached hydrogens (tertiary/aromatic N) is 4. The van der Waals surface area contributed by atoms with Gasteiger partial charge in [0.15, 0.2) is 0 Å². The Bertz CT molecular complexity index is 404. The number of aliphatic hydroxyl groups excluding tert-OH is 1. The molecule has 0 spiro atoms. The van der Waals surface area contributed by atoms with Crippen LogP contribution in [0.2, 0.25) is 5.28 Å². The highest BCUT2D eigenvalue weighted by Gasteiger charge is 2.32. The minimum atomic E-state index is -4.46. The maximum atomic E-state index is 12.3. The van der Waals surface area contributed by atoms with E-state index in [4.69, 9.17) is 16.7 Å². The number of anilines is 1. The number of halogens is 4. The Balaban J connectivity index is 3.01. The van der Waals surface area contributed by atoms with Crippen molar-refractivity contribution in [3.05, 3.63) is 5.28 Å². The van der Waals surface area contributed by atoms with Gasteiger partial charge in [-0.3, -0.25) is 0 Å². The van der Waals surface area contributed by atoms with E-state index in [0.717, 1.165) is 4.90 Å². The lowest BCUT2D eigenvalue weighted by Crippen LogP contribution is -2.37. The highest BCUT2D eigenvalue weighted by Crippen LogP contribution is 2.21. The summed E-state index contributed by atoms with van der Waals surface area (Å²) in [6.45, 7) is -2.08. The van der Waals surface area contributed by atoms with Gasteiger partial charge in [0.05, 0.1) is 13.7 Å². The molecular weight excluding hydrogens is 277 g/mol. The van der Waals surface area contributed by atoms with Gasteiger partial charge in [0, 0.05) is 6.54 Å². The molecule has 1 aromatic heterocycles. The third-order valence-corrected chi connectivity index (χ3v) is 1.95. The fraction of sp³-hybridized carbons (Fsp3) is 0.625. The number of methoxy groups -OCH3 is 1. The molecule has 0 aliphatic rings. The van der Waals surface area contributed by atoms with E-state index in [2.05, 4.69) is 19.7 Å². The number of alkyl halides is 3. The molecule has 6 nitrogen and oxygen atoms in total. The van der Waals surface area contributed by atoms with Gasteiger partial charge in [-0.25, -0.2) is 0 Å². The highest BCUT2D eigenvalue weighted by molar-refractivity contribution is 6.28. The van der Waals surface area contributed by atoms with Crippen molar-refractivity contribution in [1.29, 1.82) is 0 Å². The molecule has 10 heteroatoms. The van der Waals surface area contributed by atoms with Crippen LogP contribution >= 0.6 is 11.6 Å². The topological polar surface area (TPSA) is 71.4 Å². The smallest absolute Gasteiger partial charge is 0.406 e. The predicted molar refractivity (Wildman–Crippen MR) is 56.7 cm³/mol. The summed E-state index contributed by atoms with van der Waals surface area (Å²) in [5.41, 5.74) is 0. The summed E-state index contributed by atoms with van der Waals surface area (Å²) in [5.74, 6) is -0.307. The largest absolute Gasteiger partial charge is 0.467 e. The number of aromatic nitrogens is 3. The normalized spacial score (nSPS) is 11.4. The van der Waals surface area contributed by atoms with E-state index in [1.165, 1.54) is 7.11 Å². The second-order valence-corrected chi connectivity index (χ2v) is 3.49. The zero-order chi connectivity index (χ0) is 13.8. The zero-order valence-corrected chi connectivity index (χ0v) is 10.0. The summed E-state index contributed by atoms with van der Waals surface area (Å²) in [6.07, 6.45) is -4.46. The standard InChI is InChI=1S/C8H10ClF3N4O2/c1-18-7-14-5(9)13-6(15-7)16(2-3-17)4-8(10,11)12/h17H,2-4H2,1H3. The number of ether oxygens (including phenoxy) is 1. The minimum Gasteiger partial charge on any atom is -0.467 e. The first-order valence-corrected chi connectivity index (χ1v) is 5.11. The minimum absolute atomic E-state index is 0.199. The van der Waals surface area contributed by atoms with Crippen LogP contribution < -0.4 is 9.64 Å². The third kappa shape index (κ3) is 4.49. The van der Waals surface area contributed by atoms with Gasteiger partial charge < -0.3 is 14.7 Å². The SMILES string of the molecule is COc1nc(Cl)nc(N(CCO)CC(F)(F)F)n1. The van der Waals surface area contributed by atoms with Crippen molar-refractivity contribution in [3.63, 3.8) is 0 Å². The first kappa shape index (κ1) is 14.7. The third-order valence-electron chi connectivity index (χ3n) is 1.78. The van der Waals surface area contributed by atoms with Crippen molar-refractivity contribution in [2.45, 2.75) is 6.18 Å². The molecule has 1 N–H and O–H groups in total. The molecule has 0 aromatic carbocycles. The summed E-state index contributed by atoms with van der Waals surface area (Å²) in [5, 5.41) is 8.46. The van der Waals surface area contributed by atoms with Crippen LogP contribution in [0, 0.1) is 0 Å². The maximum absolute atomic E-state index is 12.3. The van der Waals surface area contributed by atoms with Crippen LogP contribution in [0.1, 0.15) is 0 Å². The lowest BCUT2D eigenvalue weighted by atomic mass is 10.5. The predicted octanol–water partition coefficient (Wildman–Crippen LogP) is 0.895. The van der Waals surface area contributed by atoms with Gasteiger partial charge in [0.1, 0.15) is 6.54 Å². The van der Waals surface area contributed by atoms with Crippen LogP contribution in [-0.4, -0.2) is 53.0 Å². The second kappa shape index (κ2) is 6.01. The van der Waals surface area contributed by atoms with Crippen LogP contribution in [0.4, 0.5) is 19.1 Å². The van der Waals surface area contributed by atoms with Gasteiger partial charge in [0.2, 0.25) is 11.2 Å². The fourth-order valence-electron chi connectivity index (χ4n) is 1.14. The molecule has 1 aromatic rings. The summed E-state index contributed by atoms with van der Waals surface area (Å²) in [7, 11) is 1.25. The number of hydrogen-bond donors (Lipinski definition) is 1. The van der Waals surface area contributed by atoms with Gasteiger partial charge in [-0.1, -0.05) is 0 Å². The van der Waals surface area contributed by atoms with Gasteiger partial charge in [-0.2, -0.15) is 28.1 Å². The monoisotopic (exact) mass is 286 g/mol. The Hall–Kier alpha value is -1.35. The van der Waals surface area contributed by atoms with E-state index >= 15 is 0 Å². The quantitative estimate of drug-likeness (QED) is 0.867. The summed E-state index contributed by atoms with van der Waals surface area (Å²) >= 11 is 5.53. The lowest BCUT2D eigenvalue weighted by Gasteiger charge is -2.22. The summed E-state index contributed by atoms with van der Waals surface area (Å²) in [6, 6.07) is -0.199. The Morgan fingerprint density at radius 1 is 1.33 bits per heavy atom. The van der Waals surface area contributed by atoms with Gasteiger partial charge in [-0.05, 0) is 11.6 Å². The molecule has 0 saturated carbocycles. The second-order valence-electron chi connectivity index (χ2n) is 3.15. The molecule has 0 aliphatic heterocycles. The van der Waals surface area contributed by atoms with Crippen LogP contribution in [0.5, 0.6) is 6.01 Å². The van der Waals surface area contributed by atoms with Crippen LogP contribution in [-0.2, 0) is 0 Å². The summed E-state index contributed by atoms with van der Waals surface area (Å²) < 4.78 is 41.7. The molecule has 0 radical (unpaired) electrons. The molecule has 0 unspecified atom stereocenters. The van der Waals surface area contributed by atoms with E-state index < -0.39 is 19.3 Å². The fourth-order valence-corrected chi connectivity index (χ4v) is 1.29. The van der Waals surface area contributed by atoms with Crippen LogP contribution in [0.25, 0.3) is 0 Å². The van der Waals surface area contributed by atoms with Crippen LogP contribution in [0.3, 0.4) is 0 Å².